The van der Waals surface area contributed by atoms with Crippen molar-refractivity contribution in [1.82, 2.24) is 15.3 Å². The molecule has 1 N–H and O–H groups in total. The fourth-order valence-electron chi connectivity index (χ4n) is 2.62. The van der Waals surface area contributed by atoms with Crippen molar-refractivity contribution >= 4 is 11.7 Å². The van der Waals surface area contributed by atoms with E-state index >= 15 is 0 Å². The van der Waals surface area contributed by atoms with Gasteiger partial charge in [0.15, 0.2) is 0 Å². The number of fused-ring (bicyclic) bond motifs is 3. The van der Waals surface area contributed by atoms with Gasteiger partial charge in [0, 0.05) is 28.9 Å². The van der Waals surface area contributed by atoms with Crippen LogP contribution in [0.25, 0.3) is 11.1 Å². The molecule has 0 radical (unpaired) electrons. The van der Waals surface area contributed by atoms with Crippen molar-refractivity contribution in [3.05, 3.63) is 47.0 Å². The van der Waals surface area contributed by atoms with E-state index in [1.54, 1.807) is 0 Å². The Morgan fingerprint density at radius 1 is 1.17 bits per heavy atom. The first kappa shape index (κ1) is 14.8. The van der Waals surface area contributed by atoms with Gasteiger partial charge in [-0.2, -0.15) is 13.2 Å². The number of amides is 1. The summed E-state index contributed by atoms with van der Waals surface area (Å²) in [5, 5.41) is 2.80. The Labute approximate surface area is 133 Å². The molecule has 5 nitrogen and oxygen atoms in total. The fourth-order valence-corrected chi connectivity index (χ4v) is 2.62. The lowest BCUT2D eigenvalue weighted by Gasteiger charge is -2.06. The average molecular weight is 333 g/mol. The number of benzene rings is 1. The third-order valence-corrected chi connectivity index (χ3v) is 3.99. The van der Waals surface area contributed by atoms with Gasteiger partial charge >= 0.3 is 6.18 Å². The van der Waals surface area contributed by atoms with Crippen LogP contribution < -0.4 is 5.32 Å². The molecule has 0 saturated heterocycles. The van der Waals surface area contributed by atoms with Gasteiger partial charge < -0.3 is 5.32 Å². The van der Waals surface area contributed by atoms with Crippen molar-refractivity contribution in [3.63, 3.8) is 0 Å². The lowest BCUT2D eigenvalue weighted by Crippen LogP contribution is -2.25. The minimum Gasteiger partial charge on any atom is -0.349 e. The van der Waals surface area contributed by atoms with E-state index in [4.69, 9.17) is 0 Å². The topological polar surface area (TPSA) is 72.0 Å². The molecular weight excluding hydrogens is 323 g/mol. The van der Waals surface area contributed by atoms with Crippen LogP contribution in [-0.2, 0) is 6.18 Å². The average Bonchev–Trinajstić information content (AvgIpc) is 3.31. The number of carbonyl (C=O) groups excluding carboxylic acids is 2. The van der Waals surface area contributed by atoms with Gasteiger partial charge in [-0.25, -0.2) is 9.97 Å². The summed E-state index contributed by atoms with van der Waals surface area (Å²) in [7, 11) is 0. The maximum Gasteiger partial charge on any atom is 0.451 e. The van der Waals surface area contributed by atoms with E-state index in [0.29, 0.717) is 11.1 Å². The van der Waals surface area contributed by atoms with Crippen LogP contribution in [0.4, 0.5) is 13.2 Å². The minimum atomic E-state index is -4.72. The first-order valence-corrected chi connectivity index (χ1v) is 7.29. The predicted molar refractivity (Wildman–Crippen MR) is 76.4 cm³/mol. The summed E-state index contributed by atoms with van der Waals surface area (Å²) in [5.74, 6) is -2.28. The molecule has 0 aliphatic heterocycles. The van der Waals surface area contributed by atoms with Crippen molar-refractivity contribution < 1.29 is 22.8 Å². The minimum absolute atomic E-state index is 0.166. The number of hydrogen-bond donors (Lipinski definition) is 1. The van der Waals surface area contributed by atoms with Crippen LogP contribution in [0.2, 0.25) is 0 Å². The van der Waals surface area contributed by atoms with E-state index in [-0.39, 0.29) is 28.8 Å². The number of halogens is 3. The van der Waals surface area contributed by atoms with Crippen molar-refractivity contribution in [2.75, 3.05) is 0 Å². The Bertz CT molecular complexity index is 889. The highest BCUT2D eigenvalue weighted by atomic mass is 19.4. The standard InChI is InChI=1S/C16H10F3N3O2/c17-16(18,19)15-20-6-11-9-4-1-7(14(24)21-8-2-3-8)5-10(9)13(23)12(11)22-15/h1,4-6,8H,2-3H2,(H,21,24). The number of alkyl halides is 3. The second-order valence-electron chi connectivity index (χ2n) is 5.79. The Hall–Kier alpha value is -2.77. The van der Waals surface area contributed by atoms with Crippen LogP contribution in [0.15, 0.2) is 24.4 Å². The van der Waals surface area contributed by atoms with Gasteiger partial charge in [-0.1, -0.05) is 6.07 Å². The molecule has 1 heterocycles. The summed E-state index contributed by atoms with van der Waals surface area (Å²) >= 11 is 0. The second-order valence-corrected chi connectivity index (χ2v) is 5.79. The molecule has 1 amide bonds. The maximum absolute atomic E-state index is 12.7. The first-order chi connectivity index (χ1) is 11.3. The van der Waals surface area contributed by atoms with E-state index < -0.39 is 17.8 Å². The van der Waals surface area contributed by atoms with Crippen LogP contribution in [0.1, 0.15) is 45.1 Å². The van der Waals surface area contributed by atoms with E-state index in [9.17, 15) is 22.8 Å². The summed E-state index contributed by atoms with van der Waals surface area (Å²) in [6.07, 6.45) is -1.87. The molecule has 1 aromatic carbocycles. The SMILES string of the molecule is O=C(NC1CC1)c1ccc2c(c1)C(=O)c1nc(C(F)(F)F)ncc1-2. The molecule has 0 bridgehead atoms. The molecule has 122 valence electrons. The molecule has 1 fully saturated rings. The molecule has 1 aromatic heterocycles. The maximum atomic E-state index is 12.7. The lowest BCUT2D eigenvalue weighted by atomic mass is 10.0. The molecule has 2 aliphatic carbocycles. The number of carbonyl (C=O) groups is 2. The number of rotatable bonds is 2. The van der Waals surface area contributed by atoms with E-state index in [0.717, 1.165) is 19.0 Å². The smallest absolute Gasteiger partial charge is 0.349 e. The largest absolute Gasteiger partial charge is 0.451 e. The number of nitrogens with zero attached hydrogens (tertiary/aromatic N) is 2. The van der Waals surface area contributed by atoms with Gasteiger partial charge in [-0.05, 0) is 30.5 Å². The molecule has 2 aliphatic rings. The highest BCUT2D eigenvalue weighted by Crippen LogP contribution is 2.37. The summed E-state index contributed by atoms with van der Waals surface area (Å²) in [5.41, 5.74) is 0.865. The van der Waals surface area contributed by atoms with Gasteiger partial charge in [-0.3, -0.25) is 9.59 Å². The van der Waals surface area contributed by atoms with Crippen LogP contribution in [0, 0.1) is 0 Å². The Morgan fingerprint density at radius 2 is 1.92 bits per heavy atom. The number of hydrogen-bond acceptors (Lipinski definition) is 4. The van der Waals surface area contributed by atoms with Crippen LogP contribution >= 0.6 is 0 Å². The first-order valence-electron chi connectivity index (χ1n) is 7.29. The Balaban J connectivity index is 1.73. The van der Waals surface area contributed by atoms with E-state index in [1.807, 2.05) is 0 Å². The van der Waals surface area contributed by atoms with Gasteiger partial charge in [0.25, 0.3) is 5.91 Å². The molecule has 8 heteroatoms. The number of nitrogens with one attached hydrogen (secondary N) is 1. The molecule has 2 aromatic rings. The lowest BCUT2D eigenvalue weighted by molar-refractivity contribution is -0.145. The van der Waals surface area contributed by atoms with Crippen LogP contribution in [-0.4, -0.2) is 27.7 Å². The van der Waals surface area contributed by atoms with Gasteiger partial charge in [-0.15, -0.1) is 0 Å². The van der Waals surface area contributed by atoms with Crippen molar-refractivity contribution in [1.29, 1.82) is 0 Å². The van der Waals surface area contributed by atoms with E-state index in [2.05, 4.69) is 15.3 Å². The predicted octanol–water partition coefficient (Wildman–Crippen LogP) is 2.60. The number of ketones is 1. The van der Waals surface area contributed by atoms with Gasteiger partial charge in [0.2, 0.25) is 11.6 Å². The molecule has 4 rings (SSSR count). The Kier molecular flexibility index (Phi) is 3.00. The zero-order chi connectivity index (χ0) is 17.1. The molecule has 1 saturated carbocycles. The highest BCUT2D eigenvalue weighted by Gasteiger charge is 2.38. The van der Waals surface area contributed by atoms with Crippen molar-refractivity contribution in [3.8, 4) is 11.1 Å². The third-order valence-electron chi connectivity index (χ3n) is 3.99. The van der Waals surface area contributed by atoms with Crippen LogP contribution in [0.5, 0.6) is 0 Å². The molecule has 0 spiro atoms. The molecule has 0 atom stereocenters. The zero-order valence-corrected chi connectivity index (χ0v) is 12.1. The third kappa shape index (κ3) is 2.34. The highest BCUT2D eigenvalue weighted by molar-refractivity contribution is 6.21. The molecular formula is C16H10F3N3O2. The number of aromatic nitrogens is 2. The van der Waals surface area contributed by atoms with Crippen molar-refractivity contribution in [2.24, 2.45) is 0 Å². The van der Waals surface area contributed by atoms with E-state index in [1.165, 1.54) is 18.2 Å². The Morgan fingerprint density at radius 3 is 2.58 bits per heavy atom. The second kappa shape index (κ2) is 4.86. The fraction of sp³-hybridized carbons (Fsp3) is 0.250. The summed E-state index contributed by atoms with van der Waals surface area (Å²) in [4.78, 5) is 31.1. The summed E-state index contributed by atoms with van der Waals surface area (Å²) < 4.78 is 38.2. The molecule has 24 heavy (non-hydrogen) atoms. The van der Waals surface area contributed by atoms with Crippen molar-refractivity contribution in [2.45, 2.75) is 25.1 Å². The zero-order valence-electron chi connectivity index (χ0n) is 12.1. The summed E-state index contributed by atoms with van der Waals surface area (Å²) in [6, 6.07) is 4.64. The quantitative estimate of drug-likeness (QED) is 0.782. The van der Waals surface area contributed by atoms with Crippen LogP contribution in [0.3, 0.4) is 0 Å². The molecule has 0 unspecified atom stereocenters. The van der Waals surface area contributed by atoms with Gasteiger partial charge in [0.1, 0.15) is 5.69 Å². The normalized spacial score (nSPS) is 15.9. The summed E-state index contributed by atoms with van der Waals surface area (Å²) in [6.45, 7) is 0. The monoisotopic (exact) mass is 333 g/mol. The van der Waals surface area contributed by atoms with Gasteiger partial charge in [0.05, 0.1) is 0 Å².